The first-order valence-corrected chi connectivity index (χ1v) is 12.2. The Bertz CT molecular complexity index is 1340. The fourth-order valence-electron chi connectivity index (χ4n) is 4.29. The average Bonchev–Trinajstić information content (AvgIpc) is 3.37. The standard InChI is InChI=1S/C26H25ClFN5O3/c27-20-4-7-22-19(15-20)3-8-23(30-22)33-13-10-17(11-14-33)9-12-29-26(34)35-16-24-31-32-25(36-24)18-1-5-21(28)6-2-18/h1-8,15,17H,9-14,16H2,(H,29,34). The fourth-order valence-corrected chi connectivity index (χ4v) is 4.47. The van der Waals surface area contributed by atoms with Crippen LogP contribution in [0.2, 0.25) is 5.02 Å². The summed E-state index contributed by atoms with van der Waals surface area (Å²) < 4.78 is 23.7. The number of rotatable bonds is 7. The number of anilines is 1. The number of benzene rings is 2. The summed E-state index contributed by atoms with van der Waals surface area (Å²) >= 11 is 6.06. The van der Waals surface area contributed by atoms with E-state index in [1.165, 1.54) is 12.1 Å². The first kappa shape index (κ1) is 24.0. The van der Waals surface area contributed by atoms with E-state index in [0.29, 0.717) is 23.0 Å². The molecule has 0 unspecified atom stereocenters. The number of ether oxygens (including phenoxy) is 1. The first-order valence-electron chi connectivity index (χ1n) is 11.8. The van der Waals surface area contributed by atoms with Crippen molar-refractivity contribution in [3.05, 3.63) is 71.3 Å². The Morgan fingerprint density at radius 3 is 2.72 bits per heavy atom. The van der Waals surface area contributed by atoms with Crippen LogP contribution in [-0.4, -0.2) is 40.9 Å². The maximum atomic E-state index is 13.0. The number of hydrogen-bond acceptors (Lipinski definition) is 7. The number of alkyl carbamates (subject to hydrolysis) is 1. The number of aromatic nitrogens is 3. The van der Waals surface area contributed by atoms with Gasteiger partial charge in [0.15, 0.2) is 6.61 Å². The molecule has 0 radical (unpaired) electrons. The molecule has 0 saturated carbocycles. The zero-order valence-electron chi connectivity index (χ0n) is 19.5. The van der Waals surface area contributed by atoms with Crippen molar-refractivity contribution in [3.8, 4) is 11.5 Å². The highest BCUT2D eigenvalue weighted by molar-refractivity contribution is 6.31. The number of carbonyl (C=O) groups is 1. The van der Waals surface area contributed by atoms with Crippen LogP contribution in [-0.2, 0) is 11.3 Å². The molecule has 0 bridgehead atoms. The molecule has 0 spiro atoms. The molecule has 0 aliphatic carbocycles. The number of halogens is 2. The molecule has 1 aliphatic heterocycles. The van der Waals surface area contributed by atoms with E-state index < -0.39 is 6.09 Å². The lowest BCUT2D eigenvalue weighted by atomic mass is 9.93. The van der Waals surface area contributed by atoms with E-state index in [1.54, 1.807) is 12.1 Å². The number of carbonyl (C=O) groups excluding carboxylic acids is 1. The molecule has 1 amide bonds. The lowest BCUT2D eigenvalue weighted by Gasteiger charge is -2.33. The summed E-state index contributed by atoms with van der Waals surface area (Å²) in [6, 6.07) is 15.5. The van der Waals surface area contributed by atoms with Gasteiger partial charge in [-0.15, -0.1) is 10.2 Å². The molecule has 4 aromatic rings. The second kappa shape index (κ2) is 10.9. The van der Waals surface area contributed by atoms with E-state index in [0.717, 1.165) is 49.1 Å². The second-order valence-electron chi connectivity index (χ2n) is 8.74. The summed E-state index contributed by atoms with van der Waals surface area (Å²) in [6.07, 6.45) is 2.41. The number of hydrogen-bond donors (Lipinski definition) is 1. The third kappa shape index (κ3) is 5.91. The largest absolute Gasteiger partial charge is 0.439 e. The molecule has 2 aromatic carbocycles. The van der Waals surface area contributed by atoms with E-state index in [2.05, 4.69) is 26.5 Å². The van der Waals surface area contributed by atoms with Gasteiger partial charge in [0.1, 0.15) is 11.6 Å². The molecule has 1 fully saturated rings. The lowest BCUT2D eigenvalue weighted by molar-refractivity contribution is 0.128. The SMILES string of the molecule is O=C(NCCC1CCN(c2ccc3cc(Cl)ccc3n2)CC1)OCc1nnc(-c2ccc(F)cc2)o1. The molecular formula is C26H25ClFN5O3. The van der Waals surface area contributed by atoms with Crippen LogP contribution in [0.4, 0.5) is 15.0 Å². The Morgan fingerprint density at radius 1 is 1.11 bits per heavy atom. The first-order chi connectivity index (χ1) is 17.5. The minimum atomic E-state index is -0.533. The van der Waals surface area contributed by atoms with E-state index in [4.69, 9.17) is 25.7 Å². The predicted molar refractivity (Wildman–Crippen MR) is 134 cm³/mol. The van der Waals surface area contributed by atoms with E-state index in [1.807, 2.05) is 24.3 Å². The number of nitrogens with zero attached hydrogens (tertiary/aromatic N) is 4. The van der Waals surface area contributed by atoms with Crippen LogP contribution in [0.25, 0.3) is 22.4 Å². The van der Waals surface area contributed by atoms with Crippen molar-refractivity contribution < 1.29 is 18.3 Å². The van der Waals surface area contributed by atoms with Crippen molar-refractivity contribution >= 4 is 34.4 Å². The summed E-state index contributed by atoms with van der Waals surface area (Å²) in [4.78, 5) is 19.1. The normalized spacial score (nSPS) is 14.2. The van der Waals surface area contributed by atoms with Gasteiger partial charge in [0.2, 0.25) is 5.89 Å². The van der Waals surface area contributed by atoms with Gasteiger partial charge in [-0.05, 0) is 79.8 Å². The van der Waals surface area contributed by atoms with Gasteiger partial charge in [0, 0.05) is 35.6 Å². The molecule has 1 aliphatic rings. The molecular weight excluding hydrogens is 485 g/mol. The smallest absolute Gasteiger partial charge is 0.407 e. The topological polar surface area (TPSA) is 93.4 Å². The Kier molecular flexibility index (Phi) is 7.27. The fraction of sp³-hybridized carbons (Fsp3) is 0.308. The van der Waals surface area contributed by atoms with E-state index in [9.17, 15) is 9.18 Å². The third-order valence-corrected chi connectivity index (χ3v) is 6.52. The van der Waals surface area contributed by atoms with Gasteiger partial charge in [-0.3, -0.25) is 0 Å². The third-order valence-electron chi connectivity index (χ3n) is 6.28. The lowest BCUT2D eigenvalue weighted by Crippen LogP contribution is -2.35. The van der Waals surface area contributed by atoms with Crippen LogP contribution in [0.3, 0.4) is 0 Å². The van der Waals surface area contributed by atoms with Gasteiger partial charge in [0.05, 0.1) is 5.52 Å². The van der Waals surface area contributed by atoms with Gasteiger partial charge in [-0.25, -0.2) is 14.2 Å². The summed E-state index contributed by atoms with van der Waals surface area (Å²) in [5.41, 5.74) is 1.53. The van der Waals surface area contributed by atoms with Crippen molar-refractivity contribution in [2.45, 2.75) is 25.9 Å². The van der Waals surface area contributed by atoms with Gasteiger partial charge < -0.3 is 19.4 Å². The van der Waals surface area contributed by atoms with Crippen molar-refractivity contribution in [2.75, 3.05) is 24.5 Å². The minimum Gasteiger partial charge on any atom is -0.439 e. The molecule has 0 atom stereocenters. The molecule has 1 N–H and O–H groups in total. The number of amides is 1. The Hall–Kier alpha value is -3.72. The summed E-state index contributed by atoms with van der Waals surface area (Å²) in [7, 11) is 0. The molecule has 36 heavy (non-hydrogen) atoms. The van der Waals surface area contributed by atoms with Crippen LogP contribution < -0.4 is 10.2 Å². The molecule has 186 valence electrons. The van der Waals surface area contributed by atoms with Crippen LogP contribution >= 0.6 is 11.6 Å². The Morgan fingerprint density at radius 2 is 1.92 bits per heavy atom. The predicted octanol–water partition coefficient (Wildman–Crippen LogP) is 5.61. The van der Waals surface area contributed by atoms with Crippen LogP contribution in [0, 0.1) is 11.7 Å². The van der Waals surface area contributed by atoms with Crippen molar-refractivity contribution in [3.63, 3.8) is 0 Å². The molecule has 10 heteroatoms. The maximum absolute atomic E-state index is 13.0. The number of pyridine rings is 1. The van der Waals surface area contributed by atoms with Crippen molar-refractivity contribution in [1.82, 2.24) is 20.5 Å². The monoisotopic (exact) mass is 509 g/mol. The van der Waals surface area contributed by atoms with E-state index >= 15 is 0 Å². The number of fused-ring (bicyclic) bond motifs is 1. The Labute approximate surface area is 212 Å². The molecule has 3 heterocycles. The zero-order valence-corrected chi connectivity index (χ0v) is 20.2. The molecule has 2 aromatic heterocycles. The molecule has 1 saturated heterocycles. The van der Waals surface area contributed by atoms with E-state index in [-0.39, 0.29) is 24.2 Å². The average molecular weight is 510 g/mol. The summed E-state index contributed by atoms with van der Waals surface area (Å²) in [5, 5.41) is 12.3. The summed E-state index contributed by atoms with van der Waals surface area (Å²) in [5.74, 6) is 1.56. The van der Waals surface area contributed by atoms with Gasteiger partial charge in [-0.1, -0.05) is 11.6 Å². The Balaban J connectivity index is 1.02. The number of piperidine rings is 1. The summed E-state index contributed by atoms with van der Waals surface area (Å²) in [6.45, 7) is 2.25. The molecule has 5 rings (SSSR count). The minimum absolute atomic E-state index is 0.136. The van der Waals surface area contributed by atoms with Crippen LogP contribution in [0.15, 0.2) is 59.0 Å². The van der Waals surface area contributed by atoms with Gasteiger partial charge in [-0.2, -0.15) is 0 Å². The number of nitrogens with one attached hydrogen (secondary N) is 1. The van der Waals surface area contributed by atoms with Crippen molar-refractivity contribution in [2.24, 2.45) is 5.92 Å². The zero-order chi connectivity index (χ0) is 24.9. The second-order valence-corrected chi connectivity index (χ2v) is 9.17. The maximum Gasteiger partial charge on any atom is 0.407 e. The molecule has 8 nitrogen and oxygen atoms in total. The van der Waals surface area contributed by atoms with Gasteiger partial charge >= 0.3 is 6.09 Å². The highest BCUT2D eigenvalue weighted by atomic mass is 35.5. The van der Waals surface area contributed by atoms with Crippen molar-refractivity contribution in [1.29, 1.82) is 0 Å². The quantitative estimate of drug-likeness (QED) is 0.346. The van der Waals surface area contributed by atoms with Crippen LogP contribution in [0.5, 0.6) is 0 Å². The highest BCUT2D eigenvalue weighted by Crippen LogP contribution is 2.26. The van der Waals surface area contributed by atoms with Gasteiger partial charge in [0.25, 0.3) is 5.89 Å². The highest BCUT2D eigenvalue weighted by Gasteiger charge is 2.20. The van der Waals surface area contributed by atoms with Crippen LogP contribution in [0.1, 0.15) is 25.2 Å².